The van der Waals surface area contributed by atoms with Gasteiger partial charge in [-0.1, -0.05) is 35.3 Å². The largest absolute Gasteiger partial charge is 0.454 e. The highest BCUT2D eigenvalue weighted by Crippen LogP contribution is 2.44. The van der Waals surface area contributed by atoms with E-state index < -0.39 is 0 Å². The van der Waals surface area contributed by atoms with Crippen LogP contribution in [-0.2, 0) is 0 Å². The van der Waals surface area contributed by atoms with E-state index in [-0.39, 0.29) is 17.6 Å². The summed E-state index contributed by atoms with van der Waals surface area (Å²) in [6.07, 6.45) is 4.81. The monoisotopic (exact) mass is 552 g/mol. The fourth-order valence-corrected chi connectivity index (χ4v) is 4.78. The predicted octanol–water partition coefficient (Wildman–Crippen LogP) is 4.09. The van der Waals surface area contributed by atoms with Gasteiger partial charge in [0.05, 0.1) is 34.5 Å². The van der Waals surface area contributed by atoms with Gasteiger partial charge < -0.3 is 20.7 Å². The number of benzene rings is 2. The molecule has 3 heterocycles. The van der Waals surface area contributed by atoms with Crippen molar-refractivity contribution >= 4 is 40.5 Å². The van der Waals surface area contributed by atoms with Crippen LogP contribution >= 0.6 is 23.2 Å². The topological polar surface area (TPSA) is 114 Å². The van der Waals surface area contributed by atoms with Crippen molar-refractivity contribution in [2.75, 3.05) is 43.4 Å². The molecule has 0 saturated carbocycles. The van der Waals surface area contributed by atoms with Gasteiger partial charge in [-0.25, -0.2) is 4.68 Å². The van der Waals surface area contributed by atoms with Crippen LogP contribution < -0.4 is 20.7 Å². The van der Waals surface area contributed by atoms with E-state index in [9.17, 15) is 4.79 Å². The molecule has 0 aliphatic carbocycles. The van der Waals surface area contributed by atoms with Crippen molar-refractivity contribution in [3.05, 3.63) is 82.9 Å². The van der Waals surface area contributed by atoms with Crippen molar-refractivity contribution in [3.8, 4) is 17.2 Å². The average Bonchev–Trinajstić information content (AvgIpc) is 3.43. The van der Waals surface area contributed by atoms with Crippen LogP contribution in [0.25, 0.3) is 5.69 Å². The molecule has 5 rings (SSSR count). The van der Waals surface area contributed by atoms with Gasteiger partial charge in [0.1, 0.15) is 16.5 Å². The Morgan fingerprint density at radius 1 is 1.11 bits per heavy atom. The Bertz CT molecular complexity index is 1430. The molecule has 0 spiro atoms. The van der Waals surface area contributed by atoms with E-state index in [2.05, 4.69) is 30.4 Å². The minimum Gasteiger partial charge on any atom is -0.454 e. The number of piperazine rings is 1. The number of carbonyl (C=O) groups is 1. The number of amides is 1. The van der Waals surface area contributed by atoms with E-state index in [0.717, 1.165) is 6.54 Å². The van der Waals surface area contributed by atoms with E-state index in [4.69, 9.17) is 33.7 Å². The summed E-state index contributed by atoms with van der Waals surface area (Å²) >= 11 is 13.3. The molecule has 1 aliphatic heterocycles. The van der Waals surface area contributed by atoms with Crippen molar-refractivity contribution in [1.29, 1.82) is 0 Å². The zero-order chi connectivity index (χ0) is 26.6. The number of nitrogens with zero attached hydrogens (tertiary/aromatic N) is 6. The van der Waals surface area contributed by atoms with Crippen molar-refractivity contribution in [1.82, 2.24) is 24.9 Å². The van der Waals surface area contributed by atoms with Gasteiger partial charge in [-0.3, -0.25) is 9.69 Å². The number of ether oxygens (including phenoxy) is 1. The van der Waals surface area contributed by atoms with Gasteiger partial charge in [0.25, 0.3) is 5.91 Å². The highest BCUT2D eigenvalue weighted by Gasteiger charge is 2.28. The minimum absolute atomic E-state index is 0.126. The summed E-state index contributed by atoms with van der Waals surface area (Å²) in [5, 5.41) is 15.8. The Morgan fingerprint density at radius 2 is 1.95 bits per heavy atom. The Labute approximate surface area is 229 Å². The number of aromatic nitrogens is 4. The second-order valence-electron chi connectivity index (χ2n) is 8.82. The number of halogens is 2. The van der Waals surface area contributed by atoms with Gasteiger partial charge in [0, 0.05) is 38.4 Å². The predicted molar refractivity (Wildman–Crippen MR) is 148 cm³/mol. The van der Waals surface area contributed by atoms with Crippen molar-refractivity contribution < 1.29 is 9.53 Å². The summed E-state index contributed by atoms with van der Waals surface area (Å²) in [5.74, 6) is 0.519. The Balaban J connectivity index is 1.47. The first-order valence-electron chi connectivity index (χ1n) is 12.0. The maximum absolute atomic E-state index is 13.2. The molecular formula is C26H26Cl2N8O2. The van der Waals surface area contributed by atoms with Crippen molar-refractivity contribution in [3.63, 3.8) is 0 Å². The Morgan fingerprint density at radius 3 is 2.71 bits per heavy atom. The molecule has 0 unspecified atom stereocenters. The summed E-state index contributed by atoms with van der Waals surface area (Å²) < 4.78 is 7.64. The molecule has 196 valence electrons. The van der Waals surface area contributed by atoms with Crippen LogP contribution in [0.15, 0.2) is 67.1 Å². The van der Waals surface area contributed by atoms with E-state index in [1.165, 1.54) is 0 Å². The molecule has 3 N–H and O–H groups in total. The fourth-order valence-electron chi connectivity index (χ4n) is 4.28. The van der Waals surface area contributed by atoms with Crippen LogP contribution in [0.4, 0.5) is 11.4 Å². The lowest BCUT2D eigenvalue weighted by Gasteiger charge is -2.41. The summed E-state index contributed by atoms with van der Waals surface area (Å²) in [6.45, 7) is 2.60. The van der Waals surface area contributed by atoms with Crippen molar-refractivity contribution in [2.45, 2.75) is 6.04 Å². The quantitative estimate of drug-likeness (QED) is 0.352. The van der Waals surface area contributed by atoms with Crippen molar-refractivity contribution in [2.24, 2.45) is 5.73 Å². The van der Waals surface area contributed by atoms with Crippen LogP contribution in [0.3, 0.4) is 0 Å². The lowest BCUT2D eigenvalue weighted by Crippen LogP contribution is -2.54. The zero-order valence-corrected chi connectivity index (χ0v) is 22.1. The molecule has 2 aromatic heterocycles. The number of nitrogens with two attached hydrogens (primary N) is 1. The third kappa shape index (κ3) is 5.44. The van der Waals surface area contributed by atoms with Crippen LogP contribution in [0.1, 0.15) is 10.5 Å². The van der Waals surface area contributed by atoms with Gasteiger partial charge in [0.15, 0.2) is 5.69 Å². The molecule has 1 aliphatic rings. The Hall–Kier alpha value is -3.70. The van der Waals surface area contributed by atoms with Gasteiger partial charge >= 0.3 is 0 Å². The SMILES string of the molecule is CN1CCN(c2c(NC(=O)c3ccn(-c4ccnnc4)n3)ccc(Oc3ccccc3Cl)c2Cl)C[C@@H]1CN. The van der Waals surface area contributed by atoms with E-state index >= 15 is 0 Å². The number of likely N-dealkylation sites (N-methyl/N-ethyl adjacent to an activating group) is 1. The second-order valence-corrected chi connectivity index (χ2v) is 9.61. The molecule has 1 fully saturated rings. The number of para-hydroxylation sites is 1. The highest BCUT2D eigenvalue weighted by molar-refractivity contribution is 6.36. The molecule has 1 saturated heterocycles. The van der Waals surface area contributed by atoms with E-state index in [1.807, 2.05) is 19.2 Å². The molecule has 0 bridgehead atoms. The second kappa shape index (κ2) is 11.4. The first-order valence-corrected chi connectivity index (χ1v) is 12.7. The molecule has 10 nitrogen and oxygen atoms in total. The minimum atomic E-state index is -0.382. The summed E-state index contributed by atoms with van der Waals surface area (Å²) in [5.41, 5.74) is 8.14. The molecule has 38 heavy (non-hydrogen) atoms. The number of carbonyl (C=O) groups excluding carboxylic acids is 1. The molecule has 1 amide bonds. The van der Waals surface area contributed by atoms with Gasteiger partial charge in [0.2, 0.25) is 0 Å². The van der Waals surface area contributed by atoms with Gasteiger partial charge in [-0.2, -0.15) is 15.3 Å². The maximum atomic E-state index is 13.2. The number of hydrogen-bond donors (Lipinski definition) is 2. The molecule has 2 aromatic carbocycles. The maximum Gasteiger partial charge on any atom is 0.276 e. The first-order chi connectivity index (χ1) is 18.4. The lowest BCUT2D eigenvalue weighted by molar-refractivity contribution is 0.102. The zero-order valence-electron chi connectivity index (χ0n) is 20.6. The summed E-state index contributed by atoms with van der Waals surface area (Å²) in [7, 11) is 2.05. The molecule has 1 atom stereocenters. The third-order valence-corrected chi connectivity index (χ3v) is 7.08. The smallest absolute Gasteiger partial charge is 0.276 e. The number of rotatable bonds is 7. The molecule has 12 heteroatoms. The Kier molecular flexibility index (Phi) is 7.75. The summed E-state index contributed by atoms with van der Waals surface area (Å²) in [6, 6.07) is 14.2. The van der Waals surface area contributed by atoms with E-state index in [1.54, 1.807) is 59.7 Å². The van der Waals surface area contributed by atoms with Crippen LogP contribution in [0.5, 0.6) is 11.5 Å². The number of hydrogen-bond acceptors (Lipinski definition) is 8. The molecule has 0 radical (unpaired) electrons. The fraction of sp³-hybridized carbons (Fsp3) is 0.231. The average molecular weight is 553 g/mol. The number of anilines is 2. The van der Waals surface area contributed by atoms with Gasteiger partial charge in [-0.15, -0.1) is 0 Å². The molecular weight excluding hydrogens is 527 g/mol. The van der Waals surface area contributed by atoms with Crippen LogP contribution in [0.2, 0.25) is 10.0 Å². The van der Waals surface area contributed by atoms with Crippen LogP contribution in [-0.4, -0.2) is 70.1 Å². The van der Waals surface area contributed by atoms with Gasteiger partial charge in [-0.05, 0) is 43.4 Å². The summed E-state index contributed by atoms with van der Waals surface area (Å²) in [4.78, 5) is 17.6. The van der Waals surface area contributed by atoms with Crippen LogP contribution in [0, 0.1) is 0 Å². The molecule has 4 aromatic rings. The normalized spacial score (nSPS) is 15.9. The highest BCUT2D eigenvalue weighted by atomic mass is 35.5. The van der Waals surface area contributed by atoms with E-state index in [0.29, 0.717) is 58.2 Å². The standard InChI is InChI=1S/C26H26Cl2N8O2/c1-34-12-13-35(16-18(34)14-29)25-20(6-7-23(24(25)28)38-22-5-3-2-4-19(22)27)32-26(37)21-9-11-36(33-21)17-8-10-30-31-15-17/h2-11,15,18H,12-14,16,29H2,1H3,(H,32,37)/t18-/m0/s1. The third-order valence-electron chi connectivity index (χ3n) is 6.41. The number of nitrogens with one attached hydrogen (secondary N) is 1. The first kappa shape index (κ1) is 25.9. The lowest BCUT2D eigenvalue weighted by atomic mass is 10.1.